The maximum Gasteiger partial charge on any atom is 0.288 e. The summed E-state index contributed by atoms with van der Waals surface area (Å²) in [6.07, 6.45) is 5.30. The zero-order chi connectivity index (χ0) is 17.0. The Kier molecular flexibility index (Phi) is 5.68. The minimum atomic E-state index is -0.427. The third-order valence-corrected chi connectivity index (χ3v) is 4.28. The molecule has 1 aliphatic heterocycles. The molecule has 1 amide bonds. The number of hydrogen-bond donors (Lipinski definition) is 1. The summed E-state index contributed by atoms with van der Waals surface area (Å²) in [7, 11) is 0. The third-order valence-electron chi connectivity index (χ3n) is 3.92. The highest BCUT2D eigenvalue weighted by molar-refractivity contribution is 6.32. The molecule has 0 spiro atoms. The number of nitrogens with one attached hydrogen (secondary N) is 1. The molecule has 1 saturated heterocycles. The maximum atomic E-state index is 12.2. The largest absolute Gasteiger partial charge is 0.382 e. The zero-order valence-corrected chi connectivity index (χ0v) is 14.8. The van der Waals surface area contributed by atoms with Gasteiger partial charge in [0.1, 0.15) is 5.02 Å². The SMILES string of the molecule is CC(C)(C)n1ncc(NCCC(=O)N2CCCCC2)c(Cl)c1=O. The second-order valence-electron chi connectivity index (χ2n) is 6.88. The Bertz CT molecular complexity index is 615. The van der Waals surface area contributed by atoms with Gasteiger partial charge in [-0.25, -0.2) is 4.68 Å². The summed E-state index contributed by atoms with van der Waals surface area (Å²) >= 11 is 6.14. The number of rotatable bonds is 4. The predicted molar refractivity (Wildman–Crippen MR) is 92.0 cm³/mol. The van der Waals surface area contributed by atoms with E-state index >= 15 is 0 Å². The average Bonchev–Trinajstić information content (AvgIpc) is 2.51. The van der Waals surface area contributed by atoms with E-state index in [-0.39, 0.29) is 16.5 Å². The molecule has 6 nitrogen and oxygen atoms in total. The Morgan fingerprint density at radius 2 is 1.96 bits per heavy atom. The van der Waals surface area contributed by atoms with Crippen LogP contribution < -0.4 is 10.9 Å². The Morgan fingerprint density at radius 3 is 2.57 bits per heavy atom. The molecule has 7 heteroatoms. The molecule has 23 heavy (non-hydrogen) atoms. The fourth-order valence-corrected chi connectivity index (χ4v) is 2.84. The fourth-order valence-electron chi connectivity index (χ4n) is 2.64. The molecule has 0 aliphatic carbocycles. The number of halogens is 1. The smallest absolute Gasteiger partial charge is 0.288 e. The first-order valence-electron chi connectivity index (χ1n) is 8.10. The van der Waals surface area contributed by atoms with Crippen LogP contribution in [0, 0.1) is 0 Å². The second-order valence-corrected chi connectivity index (χ2v) is 7.26. The molecule has 2 heterocycles. The normalized spacial score (nSPS) is 15.6. The first-order valence-corrected chi connectivity index (χ1v) is 8.48. The number of nitrogens with zero attached hydrogens (tertiary/aromatic N) is 3. The summed E-state index contributed by atoms with van der Waals surface area (Å²) in [5.74, 6) is 0.143. The lowest BCUT2D eigenvalue weighted by molar-refractivity contribution is -0.131. The van der Waals surface area contributed by atoms with E-state index < -0.39 is 5.54 Å². The van der Waals surface area contributed by atoms with Crippen molar-refractivity contribution in [2.75, 3.05) is 25.0 Å². The molecular formula is C16H25ClN4O2. The van der Waals surface area contributed by atoms with Gasteiger partial charge in [0.2, 0.25) is 5.91 Å². The van der Waals surface area contributed by atoms with Crippen LogP contribution in [0.4, 0.5) is 5.69 Å². The van der Waals surface area contributed by atoms with Crippen LogP contribution in [0.3, 0.4) is 0 Å². The molecule has 0 atom stereocenters. The molecule has 1 aliphatic rings. The van der Waals surface area contributed by atoms with Gasteiger partial charge in [-0.3, -0.25) is 9.59 Å². The quantitative estimate of drug-likeness (QED) is 0.914. The van der Waals surface area contributed by atoms with E-state index in [2.05, 4.69) is 10.4 Å². The lowest BCUT2D eigenvalue weighted by atomic mass is 10.1. The number of carbonyl (C=O) groups excluding carboxylic acids is 1. The van der Waals surface area contributed by atoms with Gasteiger partial charge in [-0.1, -0.05) is 11.6 Å². The highest BCUT2D eigenvalue weighted by Crippen LogP contribution is 2.18. The number of likely N-dealkylation sites (tertiary alicyclic amines) is 1. The number of aromatic nitrogens is 2. The van der Waals surface area contributed by atoms with Crippen LogP contribution >= 0.6 is 11.6 Å². The minimum Gasteiger partial charge on any atom is -0.382 e. The second kappa shape index (κ2) is 7.34. The molecule has 0 unspecified atom stereocenters. The van der Waals surface area contributed by atoms with Gasteiger partial charge in [0, 0.05) is 26.1 Å². The van der Waals surface area contributed by atoms with Crippen molar-refractivity contribution < 1.29 is 4.79 Å². The van der Waals surface area contributed by atoms with Crippen molar-refractivity contribution in [2.45, 2.75) is 52.0 Å². The molecule has 1 fully saturated rings. The van der Waals surface area contributed by atoms with Gasteiger partial charge in [-0.15, -0.1) is 0 Å². The van der Waals surface area contributed by atoms with E-state index in [1.165, 1.54) is 11.1 Å². The van der Waals surface area contributed by atoms with Crippen LogP contribution in [0.25, 0.3) is 0 Å². The zero-order valence-electron chi connectivity index (χ0n) is 14.1. The molecule has 0 saturated carbocycles. The molecule has 1 aromatic rings. The maximum absolute atomic E-state index is 12.2. The summed E-state index contributed by atoms with van der Waals surface area (Å²) < 4.78 is 1.36. The number of amides is 1. The molecule has 2 rings (SSSR count). The van der Waals surface area contributed by atoms with Gasteiger partial charge in [-0.2, -0.15) is 5.10 Å². The number of hydrogen-bond acceptors (Lipinski definition) is 4. The summed E-state index contributed by atoms with van der Waals surface area (Å²) in [5, 5.41) is 7.32. The molecule has 1 aromatic heterocycles. The molecule has 0 aromatic carbocycles. The minimum absolute atomic E-state index is 0.111. The van der Waals surface area contributed by atoms with Crippen LogP contribution in [0.15, 0.2) is 11.0 Å². The Morgan fingerprint density at radius 1 is 1.30 bits per heavy atom. The van der Waals surface area contributed by atoms with Crippen LogP contribution in [0.1, 0.15) is 46.5 Å². The van der Waals surface area contributed by atoms with Crippen molar-refractivity contribution >= 4 is 23.2 Å². The molecule has 0 bridgehead atoms. The van der Waals surface area contributed by atoms with Gasteiger partial charge in [-0.05, 0) is 40.0 Å². The molecule has 0 radical (unpaired) electrons. The standard InChI is InChI=1S/C16H25ClN4O2/c1-16(2,3)21-15(23)14(17)12(11-19-21)18-8-7-13(22)20-9-5-4-6-10-20/h11,18H,4-10H2,1-3H3. The fraction of sp³-hybridized carbons (Fsp3) is 0.688. The van der Waals surface area contributed by atoms with E-state index in [1.54, 1.807) is 6.20 Å². The van der Waals surface area contributed by atoms with Crippen LogP contribution in [-0.2, 0) is 10.3 Å². The Hall–Kier alpha value is -1.56. The monoisotopic (exact) mass is 340 g/mol. The topological polar surface area (TPSA) is 67.2 Å². The number of carbonyl (C=O) groups is 1. The first-order chi connectivity index (χ1) is 10.8. The Labute approximate surface area is 141 Å². The lowest BCUT2D eigenvalue weighted by Gasteiger charge is -2.26. The number of piperidine rings is 1. The van der Waals surface area contributed by atoms with Gasteiger partial charge in [0.25, 0.3) is 5.56 Å². The van der Waals surface area contributed by atoms with Crippen LogP contribution in [-0.4, -0.2) is 40.2 Å². The van der Waals surface area contributed by atoms with Crippen molar-refractivity contribution in [1.29, 1.82) is 0 Å². The summed E-state index contributed by atoms with van der Waals surface area (Å²) in [5.41, 5.74) is -0.279. The summed E-state index contributed by atoms with van der Waals surface area (Å²) in [6.45, 7) is 7.81. The van der Waals surface area contributed by atoms with Crippen molar-refractivity contribution in [3.63, 3.8) is 0 Å². The van der Waals surface area contributed by atoms with Gasteiger partial charge in [0.05, 0.1) is 17.4 Å². The van der Waals surface area contributed by atoms with Crippen molar-refractivity contribution in [2.24, 2.45) is 0 Å². The average molecular weight is 341 g/mol. The molecule has 128 valence electrons. The van der Waals surface area contributed by atoms with Gasteiger partial charge < -0.3 is 10.2 Å². The molecular weight excluding hydrogens is 316 g/mol. The number of anilines is 1. The first kappa shape index (κ1) is 17.8. The predicted octanol–water partition coefficient (Wildman–Crippen LogP) is 2.47. The van der Waals surface area contributed by atoms with Crippen molar-refractivity contribution in [3.05, 3.63) is 21.6 Å². The Balaban J connectivity index is 1.95. The van der Waals surface area contributed by atoms with E-state index in [4.69, 9.17) is 11.6 Å². The van der Waals surface area contributed by atoms with Crippen molar-refractivity contribution in [1.82, 2.24) is 14.7 Å². The van der Waals surface area contributed by atoms with Crippen LogP contribution in [0.2, 0.25) is 5.02 Å². The van der Waals surface area contributed by atoms with E-state index in [0.29, 0.717) is 18.7 Å². The van der Waals surface area contributed by atoms with Gasteiger partial charge >= 0.3 is 0 Å². The highest BCUT2D eigenvalue weighted by atomic mass is 35.5. The van der Waals surface area contributed by atoms with Crippen molar-refractivity contribution in [3.8, 4) is 0 Å². The van der Waals surface area contributed by atoms with Gasteiger partial charge in [0.15, 0.2) is 0 Å². The van der Waals surface area contributed by atoms with E-state index in [1.807, 2.05) is 25.7 Å². The van der Waals surface area contributed by atoms with E-state index in [0.717, 1.165) is 25.9 Å². The summed E-state index contributed by atoms with van der Waals surface area (Å²) in [6, 6.07) is 0. The summed E-state index contributed by atoms with van der Waals surface area (Å²) in [4.78, 5) is 26.2. The van der Waals surface area contributed by atoms with E-state index in [9.17, 15) is 9.59 Å². The van der Waals surface area contributed by atoms with Crippen LogP contribution in [0.5, 0.6) is 0 Å². The molecule has 1 N–H and O–H groups in total. The highest BCUT2D eigenvalue weighted by Gasteiger charge is 2.20. The lowest BCUT2D eigenvalue weighted by Crippen LogP contribution is -2.37. The third kappa shape index (κ3) is 4.47.